The van der Waals surface area contributed by atoms with E-state index in [2.05, 4.69) is 9.71 Å². The number of nitrogens with one attached hydrogen (secondary N) is 1. The Kier molecular flexibility index (Phi) is 6.76. The van der Waals surface area contributed by atoms with Gasteiger partial charge >= 0.3 is 0 Å². The fourth-order valence-corrected chi connectivity index (χ4v) is 6.39. The van der Waals surface area contributed by atoms with Crippen LogP contribution in [0.4, 0.5) is 0 Å². The van der Waals surface area contributed by atoms with Gasteiger partial charge in [-0.1, -0.05) is 12.1 Å². The molecule has 2 rings (SSSR count). The maximum absolute atomic E-state index is 12.9. The summed E-state index contributed by atoms with van der Waals surface area (Å²) in [6.45, 7) is -0.253. The van der Waals surface area contributed by atoms with Gasteiger partial charge in [-0.3, -0.25) is 4.98 Å². The largest absolute Gasteiger partial charge is 0.264 e. The van der Waals surface area contributed by atoms with Crippen molar-refractivity contribution in [3.63, 3.8) is 0 Å². The second-order valence-corrected chi connectivity index (χ2v) is 10.6. The fraction of sp³-hybridized carbons (Fsp3) is 0.357. The van der Waals surface area contributed by atoms with E-state index in [1.165, 1.54) is 18.5 Å². The second kappa shape index (κ2) is 8.39. The van der Waals surface area contributed by atoms with Gasteiger partial charge in [0.15, 0.2) is 9.84 Å². The van der Waals surface area contributed by atoms with E-state index in [4.69, 9.17) is 11.6 Å². The minimum absolute atomic E-state index is 0.144. The lowest BCUT2D eigenvalue weighted by Crippen LogP contribution is -2.33. The molecule has 0 aromatic carbocycles. The van der Waals surface area contributed by atoms with E-state index in [-0.39, 0.29) is 22.4 Å². The van der Waals surface area contributed by atoms with Crippen molar-refractivity contribution in [2.75, 3.05) is 18.2 Å². The molecule has 0 radical (unpaired) electrons. The molecule has 0 amide bonds. The van der Waals surface area contributed by atoms with Crippen LogP contribution in [-0.2, 0) is 19.9 Å². The number of sulfonamides is 1. The zero-order chi connectivity index (χ0) is 17.6. The van der Waals surface area contributed by atoms with Crippen LogP contribution in [0.15, 0.2) is 46.2 Å². The molecule has 2 aromatic heterocycles. The van der Waals surface area contributed by atoms with Crippen molar-refractivity contribution >= 4 is 42.8 Å². The lowest BCUT2D eigenvalue weighted by atomic mass is 10.2. The third-order valence-electron chi connectivity index (χ3n) is 3.24. The molecule has 1 N–H and O–H groups in total. The van der Waals surface area contributed by atoms with Gasteiger partial charge in [-0.05, 0) is 29.5 Å². The average Bonchev–Trinajstić information content (AvgIpc) is 3.09. The highest BCUT2D eigenvalue weighted by Gasteiger charge is 2.31. The van der Waals surface area contributed by atoms with Crippen molar-refractivity contribution < 1.29 is 16.8 Å². The second-order valence-electron chi connectivity index (χ2n) is 4.96. The Morgan fingerprint density at radius 3 is 2.58 bits per heavy atom. The smallest absolute Gasteiger partial charge is 0.211 e. The molecule has 10 heteroatoms. The van der Waals surface area contributed by atoms with Crippen molar-refractivity contribution in [1.82, 2.24) is 9.71 Å². The Balaban J connectivity index is 2.29. The summed E-state index contributed by atoms with van der Waals surface area (Å²) in [5.41, 5.74) is 0.436. The monoisotopic (exact) mass is 408 g/mol. The van der Waals surface area contributed by atoms with Crippen LogP contribution < -0.4 is 4.72 Å². The Morgan fingerprint density at radius 2 is 2.00 bits per heavy atom. The van der Waals surface area contributed by atoms with Gasteiger partial charge < -0.3 is 0 Å². The maximum atomic E-state index is 12.9. The number of halogens is 1. The van der Waals surface area contributed by atoms with Crippen molar-refractivity contribution in [1.29, 1.82) is 0 Å². The van der Waals surface area contributed by atoms with Crippen LogP contribution in [0.1, 0.15) is 17.2 Å². The molecular weight excluding hydrogens is 392 g/mol. The minimum Gasteiger partial charge on any atom is -0.264 e. The van der Waals surface area contributed by atoms with E-state index < -0.39 is 25.1 Å². The van der Waals surface area contributed by atoms with Gasteiger partial charge in [0, 0.05) is 24.8 Å². The summed E-state index contributed by atoms with van der Waals surface area (Å²) in [6.07, 6.45) is 3.26. The van der Waals surface area contributed by atoms with E-state index in [0.29, 0.717) is 12.0 Å². The number of alkyl halides is 1. The van der Waals surface area contributed by atoms with Crippen LogP contribution in [0.5, 0.6) is 0 Å². The maximum Gasteiger partial charge on any atom is 0.211 e. The Morgan fingerprint density at radius 1 is 1.21 bits per heavy atom. The molecule has 2 heterocycles. The Bertz CT molecular complexity index is 837. The van der Waals surface area contributed by atoms with Gasteiger partial charge in [-0.2, -0.15) is 0 Å². The SMILES string of the molecule is O=S(=O)(CCCCl)NC[C@@H](c1cccnc1)S(=O)(=O)c1cccs1. The molecule has 0 spiro atoms. The lowest BCUT2D eigenvalue weighted by molar-refractivity contribution is 0.569. The van der Waals surface area contributed by atoms with Gasteiger partial charge in [0.1, 0.15) is 9.46 Å². The van der Waals surface area contributed by atoms with Gasteiger partial charge in [0.2, 0.25) is 10.0 Å². The fourth-order valence-electron chi connectivity index (χ4n) is 2.06. The first kappa shape index (κ1) is 19.3. The molecular formula is C14H17ClN2O4S3. The molecule has 0 saturated carbocycles. The van der Waals surface area contributed by atoms with Crippen LogP contribution in [0, 0.1) is 0 Å². The van der Waals surface area contributed by atoms with E-state index in [1.807, 2.05) is 0 Å². The molecule has 0 fully saturated rings. The quantitative estimate of drug-likeness (QED) is 0.642. The third-order valence-corrected chi connectivity index (χ3v) is 8.47. The predicted octanol–water partition coefficient (Wildman–Crippen LogP) is 2.21. The zero-order valence-corrected chi connectivity index (χ0v) is 15.8. The zero-order valence-electron chi connectivity index (χ0n) is 12.6. The van der Waals surface area contributed by atoms with Crippen molar-refractivity contribution in [3.8, 4) is 0 Å². The molecule has 0 unspecified atom stereocenters. The standard InChI is InChI=1S/C14H17ClN2O4S3/c15-6-3-9-23(18,19)17-11-13(12-4-1-7-16-10-12)24(20,21)14-5-2-8-22-14/h1-2,4-5,7-8,10,13,17H,3,6,9,11H2/t13-/m0/s1. The van der Waals surface area contributed by atoms with Gasteiger partial charge in [-0.25, -0.2) is 21.6 Å². The average molecular weight is 409 g/mol. The first-order chi connectivity index (χ1) is 11.4. The van der Waals surface area contributed by atoms with Crippen molar-refractivity contribution in [2.45, 2.75) is 15.9 Å². The number of hydrogen-bond donors (Lipinski definition) is 1. The molecule has 24 heavy (non-hydrogen) atoms. The summed E-state index contributed by atoms with van der Waals surface area (Å²) >= 11 is 6.61. The van der Waals surface area contributed by atoms with Crippen LogP contribution in [-0.4, -0.2) is 40.0 Å². The van der Waals surface area contributed by atoms with Gasteiger partial charge in [0.05, 0.1) is 5.75 Å². The van der Waals surface area contributed by atoms with E-state index >= 15 is 0 Å². The molecule has 132 valence electrons. The number of hydrogen-bond acceptors (Lipinski definition) is 6. The normalized spacial score (nSPS) is 13.7. The summed E-state index contributed by atoms with van der Waals surface area (Å²) in [5, 5.41) is 0.619. The van der Waals surface area contributed by atoms with Gasteiger partial charge in [0.25, 0.3) is 0 Å². The number of rotatable bonds is 9. The van der Waals surface area contributed by atoms with E-state index in [0.717, 1.165) is 11.3 Å². The number of sulfone groups is 1. The Hall–Kier alpha value is -1.000. The highest BCUT2D eigenvalue weighted by atomic mass is 35.5. The van der Waals surface area contributed by atoms with E-state index in [9.17, 15) is 16.8 Å². The highest BCUT2D eigenvalue weighted by Crippen LogP contribution is 2.30. The molecule has 6 nitrogen and oxygen atoms in total. The molecule has 1 atom stereocenters. The number of nitrogens with zero attached hydrogens (tertiary/aromatic N) is 1. The van der Waals surface area contributed by atoms with Crippen LogP contribution >= 0.6 is 22.9 Å². The van der Waals surface area contributed by atoms with Crippen LogP contribution in [0.2, 0.25) is 0 Å². The number of thiophene rings is 1. The van der Waals surface area contributed by atoms with Gasteiger partial charge in [-0.15, -0.1) is 22.9 Å². The lowest BCUT2D eigenvalue weighted by Gasteiger charge is -2.17. The molecule has 0 aliphatic carbocycles. The van der Waals surface area contributed by atoms with Crippen LogP contribution in [0.3, 0.4) is 0 Å². The molecule has 0 aliphatic heterocycles. The summed E-state index contributed by atoms with van der Waals surface area (Å²) < 4.78 is 52.2. The van der Waals surface area contributed by atoms with Crippen molar-refractivity contribution in [2.24, 2.45) is 0 Å². The molecule has 0 saturated heterocycles. The first-order valence-electron chi connectivity index (χ1n) is 7.07. The van der Waals surface area contributed by atoms with E-state index in [1.54, 1.807) is 23.6 Å². The number of pyridine rings is 1. The Labute approximate surface area is 150 Å². The van der Waals surface area contributed by atoms with Crippen molar-refractivity contribution in [3.05, 3.63) is 47.6 Å². The third kappa shape index (κ3) is 5.00. The first-order valence-corrected chi connectivity index (χ1v) is 11.7. The minimum atomic E-state index is -3.73. The summed E-state index contributed by atoms with van der Waals surface area (Å²) in [5.74, 6) is 0.0791. The number of aromatic nitrogens is 1. The predicted molar refractivity (Wildman–Crippen MR) is 95.6 cm³/mol. The summed E-state index contributed by atoms with van der Waals surface area (Å²) in [6, 6.07) is 6.39. The molecule has 0 bridgehead atoms. The summed E-state index contributed by atoms with van der Waals surface area (Å²) in [7, 11) is -7.32. The van der Waals surface area contributed by atoms with Crippen LogP contribution in [0.25, 0.3) is 0 Å². The molecule has 2 aromatic rings. The summed E-state index contributed by atoms with van der Waals surface area (Å²) in [4.78, 5) is 3.94. The topological polar surface area (TPSA) is 93.2 Å². The molecule has 0 aliphatic rings. The highest BCUT2D eigenvalue weighted by molar-refractivity contribution is 7.93.